The predicted molar refractivity (Wildman–Crippen MR) is 89.2 cm³/mol. The Bertz CT molecular complexity index is 480. The Hall–Kier alpha value is -0.860. The molecule has 1 atom stereocenters. The lowest BCUT2D eigenvalue weighted by molar-refractivity contribution is 0.0883. The van der Waals surface area contributed by atoms with Gasteiger partial charge in [-0.25, -0.2) is 0 Å². The molecule has 1 heterocycles. The zero-order valence-corrected chi connectivity index (χ0v) is 14.0. The number of Topliss-reactive ketones (excluding diaryl/α,β-unsaturated/α-hetero) is 1. The fraction of sp³-hybridized carbons (Fsp3) is 0.611. The highest BCUT2D eigenvalue weighted by atomic mass is 35.5. The number of likely N-dealkylation sites (tertiary alicyclic amines) is 1. The second-order valence-electron chi connectivity index (χ2n) is 6.10. The van der Waals surface area contributed by atoms with E-state index in [4.69, 9.17) is 11.6 Å². The van der Waals surface area contributed by atoms with Crippen LogP contribution in [0.2, 0.25) is 0 Å². The molecule has 116 valence electrons. The van der Waals surface area contributed by atoms with E-state index in [2.05, 4.69) is 17.9 Å². The largest absolute Gasteiger partial charge is 0.303 e. The molecule has 0 spiro atoms. The fourth-order valence-electron chi connectivity index (χ4n) is 3.15. The Morgan fingerprint density at radius 1 is 1.24 bits per heavy atom. The second-order valence-corrected chi connectivity index (χ2v) is 6.36. The molecule has 1 aromatic carbocycles. The summed E-state index contributed by atoms with van der Waals surface area (Å²) in [6.07, 6.45) is 4.82. The van der Waals surface area contributed by atoms with Gasteiger partial charge < -0.3 is 4.90 Å². The Balaban J connectivity index is 2.04. The smallest absolute Gasteiger partial charge is 0.166 e. The van der Waals surface area contributed by atoms with Crippen LogP contribution in [0.5, 0.6) is 0 Å². The van der Waals surface area contributed by atoms with Crippen molar-refractivity contribution in [3.8, 4) is 0 Å². The van der Waals surface area contributed by atoms with E-state index in [9.17, 15) is 4.79 Å². The highest BCUT2D eigenvalue weighted by Gasteiger charge is 2.20. The first-order valence-electron chi connectivity index (χ1n) is 8.10. The number of ketones is 1. The summed E-state index contributed by atoms with van der Waals surface area (Å²) in [6, 6.07) is 6.00. The Morgan fingerprint density at radius 2 is 1.95 bits per heavy atom. The standard InChI is InChI=1S/C18H26ClNO/c1-3-15-7-8-16(11-17(15)12-19)18(21)14(2)13-20-9-5-4-6-10-20/h7-8,11,14H,3-6,9-10,12-13H2,1-2H3. The third-order valence-corrected chi connectivity index (χ3v) is 4.73. The molecule has 1 aliphatic heterocycles. The number of aryl methyl sites for hydroxylation is 1. The van der Waals surface area contributed by atoms with E-state index in [1.54, 1.807) is 0 Å². The van der Waals surface area contributed by atoms with E-state index in [1.807, 2.05) is 19.1 Å². The van der Waals surface area contributed by atoms with E-state index >= 15 is 0 Å². The molecular weight excluding hydrogens is 282 g/mol. The van der Waals surface area contributed by atoms with Crippen molar-refractivity contribution in [3.05, 3.63) is 34.9 Å². The molecule has 0 aliphatic carbocycles. The first kappa shape index (κ1) is 16.5. The van der Waals surface area contributed by atoms with Crippen molar-refractivity contribution in [2.45, 2.75) is 45.4 Å². The lowest BCUT2D eigenvalue weighted by atomic mass is 9.94. The summed E-state index contributed by atoms with van der Waals surface area (Å²) in [5.74, 6) is 0.776. The summed E-state index contributed by atoms with van der Waals surface area (Å²) in [6.45, 7) is 7.32. The molecule has 1 fully saturated rings. The first-order valence-corrected chi connectivity index (χ1v) is 8.63. The third-order valence-electron chi connectivity index (χ3n) is 4.44. The van der Waals surface area contributed by atoms with E-state index in [0.29, 0.717) is 5.88 Å². The van der Waals surface area contributed by atoms with Gasteiger partial charge in [0.15, 0.2) is 5.78 Å². The molecule has 1 aliphatic rings. The molecule has 2 rings (SSSR count). The summed E-state index contributed by atoms with van der Waals surface area (Å²) in [4.78, 5) is 15.0. The molecule has 1 unspecified atom stereocenters. The van der Waals surface area contributed by atoms with Crippen LogP contribution in [0.1, 0.15) is 54.6 Å². The van der Waals surface area contributed by atoms with Crippen LogP contribution in [0.4, 0.5) is 0 Å². The molecule has 0 saturated carbocycles. The van der Waals surface area contributed by atoms with Gasteiger partial charge in [-0.1, -0.05) is 32.4 Å². The molecule has 1 aromatic rings. The van der Waals surface area contributed by atoms with Crippen LogP contribution in [-0.2, 0) is 12.3 Å². The summed E-state index contributed by atoms with van der Waals surface area (Å²) >= 11 is 6.00. The summed E-state index contributed by atoms with van der Waals surface area (Å²) in [5, 5.41) is 0. The number of carbonyl (C=O) groups is 1. The van der Waals surface area contributed by atoms with Crippen molar-refractivity contribution in [2.24, 2.45) is 5.92 Å². The Kier molecular flexibility index (Phi) is 6.25. The average molecular weight is 308 g/mol. The average Bonchev–Trinajstić information content (AvgIpc) is 2.54. The zero-order chi connectivity index (χ0) is 15.2. The number of nitrogens with zero attached hydrogens (tertiary/aromatic N) is 1. The minimum atomic E-state index is 0.0544. The molecule has 0 radical (unpaired) electrons. The van der Waals surface area contributed by atoms with Gasteiger partial charge in [0.05, 0.1) is 0 Å². The molecule has 0 N–H and O–H groups in total. The monoisotopic (exact) mass is 307 g/mol. The van der Waals surface area contributed by atoms with Gasteiger partial charge in [0.2, 0.25) is 0 Å². The first-order chi connectivity index (χ1) is 10.2. The Morgan fingerprint density at radius 3 is 2.57 bits per heavy atom. The molecule has 3 heteroatoms. The topological polar surface area (TPSA) is 20.3 Å². The van der Waals surface area contributed by atoms with Crippen LogP contribution in [0.15, 0.2) is 18.2 Å². The maximum atomic E-state index is 12.6. The van der Waals surface area contributed by atoms with E-state index < -0.39 is 0 Å². The minimum Gasteiger partial charge on any atom is -0.303 e. The van der Waals surface area contributed by atoms with Gasteiger partial charge in [0.25, 0.3) is 0 Å². The number of halogens is 1. The summed E-state index contributed by atoms with van der Waals surface area (Å²) in [5.41, 5.74) is 3.15. The van der Waals surface area contributed by atoms with Crippen LogP contribution < -0.4 is 0 Å². The van der Waals surface area contributed by atoms with Crippen LogP contribution in [-0.4, -0.2) is 30.3 Å². The van der Waals surface area contributed by atoms with Crippen molar-refractivity contribution in [1.29, 1.82) is 0 Å². The van der Waals surface area contributed by atoms with Crippen LogP contribution in [0, 0.1) is 5.92 Å². The fourth-order valence-corrected chi connectivity index (χ4v) is 3.39. The van der Waals surface area contributed by atoms with E-state index in [1.165, 1.54) is 24.8 Å². The molecular formula is C18H26ClNO. The number of alkyl halides is 1. The molecule has 0 amide bonds. The number of hydrogen-bond donors (Lipinski definition) is 0. The van der Waals surface area contributed by atoms with Crippen molar-refractivity contribution in [3.63, 3.8) is 0 Å². The highest BCUT2D eigenvalue weighted by molar-refractivity contribution is 6.17. The molecule has 1 saturated heterocycles. The van der Waals surface area contributed by atoms with Gasteiger partial charge in [0.1, 0.15) is 0 Å². The van der Waals surface area contributed by atoms with E-state index in [-0.39, 0.29) is 11.7 Å². The van der Waals surface area contributed by atoms with Crippen molar-refractivity contribution in [2.75, 3.05) is 19.6 Å². The van der Waals surface area contributed by atoms with Gasteiger partial charge in [-0.05, 0) is 49.5 Å². The predicted octanol–water partition coefficient (Wildman–Crippen LogP) is 4.29. The van der Waals surface area contributed by atoms with Crippen LogP contribution in [0.25, 0.3) is 0 Å². The maximum Gasteiger partial charge on any atom is 0.166 e. The molecule has 21 heavy (non-hydrogen) atoms. The highest BCUT2D eigenvalue weighted by Crippen LogP contribution is 2.19. The van der Waals surface area contributed by atoms with Gasteiger partial charge in [0, 0.05) is 23.9 Å². The normalized spacial score (nSPS) is 17.7. The minimum absolute atomic E-state index is 0.0544. The quantitative estimate of drug-likeness (QED) is 0.577. The van der Waals surface area contributed by atoms with Crippen LogP contribution >= 0.6 is 11.6 Å². The maximum absolute atomic E-state index is 12.6. The number of hydrogen-bond acceptors (Lipinski definition) is 2. The number of rotatable bonds is 6. The lowest BCUT2D eigenvalue weighted by Gasteiger charge is -2.28. The number of piperidine rings is 1. The van der Waals surface area contributed by atoms with Gasteiger partial charge >= 0.3 is 0 Å². The van der Waals surface area contributed by atoms with Crippen molar-refractivity contribution >= 4 is 17.4 Å². The van der Waals surface area contributed by atoms with Crippen molar-refractivity contribution in [1.82, 2.24) is 4.90 Å². The van der Waals surface area contributed by atoms with Crippen LogP contribution in [0.3, 0.4) is 0 Å². The zero-order valence-electron chi connectivity index (χ0n) is 13.2. The summed E-state index contributed by atoms with van der Waals surface area (Å²) in [7, 11) is 0. The second kappa shape index (κ2) is 7.95. The SMILES string of the molecule is CCc1ccc(C(=O)C(C)CN2CCCCC2)cc1CCl. The van der Waals surface area contributed by atoms with Gasteiger partial charge in [-0.2, -0.15) is 0 Å². The van der Waals surface area contributed by atoms with Gasteiger partial charge in [-0.15, -0.1) is 11.6 Å². The van der Waals surface area contributed by atoms with Gasteiger partial charge in [-0.3, -0.25) is 4.79 Å². The third kappa shape index (κ3) is 4.31. The number of benzene rings is 1. The molecule has 2 nitrogen and oxygen atoms in total. The molecule has 0 aromatic heterocycles. The van der Waals surface area contributed by atoms with Crippen molar-refractivity contribution < 1.29 is 4.79 Å². The molecule has 0 bridgehead atoms. The Labute approximate surface area is 133 Å². The number of carbonyl (C=O) groups excluding carboxylic acids is 1. The lowest BCUT2D eigenvalue weighted by Crippen LogP contribution is -2.35. The summed E-state index contributed by atoms with van der Waals surface area (Å²) < 4.78 is 0. The van der Waals surface area contributed by atoms with E-state index in [0.717, 1.165) is 37.2 Å².